The van der Waals surface area contributed by atoms with Crippen LogP contribution in [0.15, 0.2) is 0 Å². The van der Waals surface area contributed by atoms with Crippen molar-refractivity contribution in [1.29, 1.82) is 0 Å². The minimum atomic E-state index is -0.562. The smallest absolute Gasteiger partial charge is 0.339 e. The van der Waals surface area contributed by atoms with Crippen molar-refractivity contribution >= 4 is 17.7 Å². The number of ether oxygens (including phenoxy) is 2. The number of ketones is 1. The first kappa shape index (κ1) is 17.2. The molecule has 1 aliphatic rings. The van der Waals surface area contributed by atoms with Crippen molar-refractivity contribution in [2.45, 2.75) is 39.2 Å². The quantitative estimate of drug-likeness (QED) is 0.605. The molecule has 2 heterocycles. The van der Waals surface area contributed by atoms with Gasteiger partial charge in [-0.15, -0.1) is 0 Å². The van der Waals surface area contributed by atoms with Crippen LogP contribution in [0.1, 0.15) is 51.9 Å². The van der Waals surface area contributed by atoms with Gasteiger partial charge in [-0.1, -0.05) is 0 Å². The third-order valence-electron chi connectivity index (χ3n) is 3.96. The van der Waals surface area contributed by atoms with Gasteiger partial charge in [0.25, 0.3) is 0 Å². The standard InChI is InChI=1S/C16H22N2O5/c1-9-14(16(21)22-3)12(18-15(9)10(2)19)7-13(20)17-8-11-5-4-6-23-11/h11,18H,4-8H2,1-3H3,(H,17,20). The third kappa shape index (κ3) is 3.98. The fraction of sp³-hybridized carbons (Fsp3) is 0.562. The Morgan fingerprint density at radius 3 is 2.70 bits per heavy atom. The average Bonchev–Trinajstić information content (AvgIpc) is 3.12. The van der Waals surface area contributed by atoms with Gasteiger partial charge in [0.2, 0.25) is 5.91 Å². The van der Waals surface area contributed by atoms with Gasteiger partial charge >= 0.3 is 5.97 Å². The van der Waals surface area contributed by atoms with E-state index < -0.39 is 5.97 Å². The summed E-state index contributed by atoms with van der Waals surface area (Å²) in [5.41, 5.74) is 1.48. The van der Waals surface area contributed by atoms with E-state index in [1.54, 1.807) is 6.92 Å². The molecule has 0 bridgehead atoms. The number of rotatable bonds is 6. The van der Waals surface area contributed by atoms with Crippen LogP contribution in [0.4, 0.5) is 0 Å². The Balaban J connectivity index is 2.10. The lowest BCUT2D eigenvalue weighted by atomic mass is 10.1. The van der Waals surface area contributed by atoms with Crippen LogP contribution in [0.5, 0.6) is 0 Å². The minimum absolute atomic E-state index is 0.0225. The topological polar surface area (TPSA) is 97.5 Å². The maximum absolute atomic E-state index is 12.1. The molecule has 23 heavy (non-hydrogen) atoms. The summed E-state index contributed by atoms with van der Waals surface area (Å²) in [6.07, 6.45) is 1.97. The zero-order valence-electron chi connectivity index (χ0n) is 13.7. The lowest BCUT2D eigenvalue weighted by Crippen LogP contribution is -2.33. The van der Waals surface area contributed by atoms with E-state index in [0.29, 0.717) is 23.5 Å². The van der Waals surface area contributed by atoms with Crippen LogP contribution < -0.4 is 5.32 Å². The summed E-state index contributed by atoms with van der Waals surface area (Å²) in [5, 5.41) is 2.79. The molecular weight excluding hydrogens is 300 g/mol. The first-order chi connectivity index (χ1) is 10.9. The second-order valence-electron chi connectivity index (χ2n) is 5.64. The lowest BCUT2D eigenvalue weighted by molar-refractivity contribution is -0.121. The molecule has 1 unspecified atom stereocenters. The minimum Gasteiger partial charge on any atom is -0.465 e. The number of hydrogen-bond donors (Lipinski definition) is 2. The molecule has 2 N–H and O–H groups in total. The normalized spacial score (nSPS) is 17.1. The van der Waals surface area contributed by atoms with Gasteiger partial charge in [0.15, 0.2) is 5.78 Å². The number of nitrogens with one attached hydrogen (secondary N) is 2. The van der Waals surface area contributed by atoms with E-state index in [1.165, 1.54) is 14.0 Å². The second kappa shape index (κ2) is 7.41. The number of hydrogen-bond acceptors (Lipinski definition) is 5. The van der Waals surface area contributed by atoms with Crippen LogP contribution in [-0.2, 0) is 20.7 Å². The summed E-state index contributed by atoms with van der Waals surface area (Å²) in [6, 6.07) is 0. The van der Waals surface area contributed by atoms with Crippen molar-refractivity contribution < 1.29 is 23.9 Å². The van der Waals surface area contributed by atoms with Gasteiger partial charge in [-0.2, -0.15) is 0 Å². The molecular formula is C16H22N2O5. The summed E-state index contributed by atoms with van der Waals surface area (Å²) < 4.78 is 10.2. The maximum atomic E-state index is 12.1. The van der Waals surface area contributed by atoms with Crippen LogP contribution >= 0.6 is 0 Å². The number of esters is 1. The van der Waals surface area contributed by atoms with Gasteiger partial charge in [-0.05, 0) is 25.3 Å². The number of carbonyl (C=O) groups excluding carboxylic acids is 3. The Morgan fingerprint density at radius 2 is 2.13 bits per heavy atom. The third-order valence-corrected chi connectivity index (χ3v) is 3.96. The Hall–Kier alpha value is -2.15. The highest BCUT2D eigenvalue weighted by Gasteiger charge is 2.24. The fourth-order valence-corrected chi connectivity index (χ4v) is 2.78. The zero-order valence-corrected chi connectivity index (χ0v) is 13.7. The van der Waals surface area contributed by atoms with Crippen LogP contribution in [0, 0.1) is 6.92 Å². The number of carbonyl (C=O) groups is 3. The number of aromatic amines is 1. The zero-order chi connectivity index (χ0) is 17.0. The highest BCUT2D eigenvalue weighted by atomic mass is 16.5. The number of methoxy groups -OCH3 is 1. The summed E-state index contributed by atoms with van der Waals surface area (Å²) in [5.74, 6) is -0.992. The Labute approximate surface area is 134 Å². The monoisotopic (exact) mass is 322 g/mol. The fourth-order valence-electron chi connectivity index (χ4n) is 2.78. The molecule has 0 saturated carbocycles. The van der Waals surface area contributed by atoms with E-state index in [1.807, 2.05) is 0 Å². The maximum Gasteiger partial charge on any atom is 0.339 e. The number of amides is 1. The van der Waals surface area contributed by atoms with Gasteiger partial charge < -0.3 is 19.8 Å². The molecule has 2 rings (SSSR count). The van der Waals surface area contributed by atoms with Crippen LogP contribution in [-0.4, -0.2) is 49.0 Å². The molecule has 1 aliphatic heterocycles. The largest absolute Gasteiger partial charge is 0.465 e. The molecule has 1 saturated heterocycles. The van der Waals surface area contributed by atoms with E-state index in [9.17, 15) is 14.4 Å². The van der Waals surface area contributed by atoms with Crippen LogP contribution in [0.3, 0.4) is 0 Å². The van der Waals surface area contributed by atoms with E-state index >= 15 is 0 Å². The second-order valence-corrected chi connectivity index (χ2v) is 5.64. The molecule has 1 amide bonds. The molecule has 0 aromatic carbocycles. The van der Waals surface area contributed by atoms with E-state index in [0.717, 1.165) is 19.4 Å². The van der Waals surface area contributed by atoms with E-state index in [4.69, 9.17) is 9.47 Å². The van der Waals surface area contributed by atoms with Gasteiger partial charge in [0.05, 0.1) is 30.9 Å². The highest BCUT2D eigenvalue weighted by Crippen LogP contribution is 2.20. The summed E-state index contributed by atoms with van der Waals surface area (Å²) in [7, 11) is 1.27. The van der Waals surface area contributed by atoms with Gasteiger partial charge in [-0.3, -0.25) is 9.59 Å². The van der Waals surface area contributed by atoms with Gasteiger partial charge in [0.1, 0.15) is 0 Å². The molecule has 1 fully saturated rings. The van der Waals surface area contributed by atoms with Crippen molar-refractivity contribution in [3.8, 4) is 0 Å². The molecule has 7 nitrogen and oxygen atoms in total. The molecule has 7 heteroatoms. The highest BCUT2D eigenvalue weighted by molar-refractivity contribution is 6.01. The number of H-pyrrole nitrogens is 1. The van der Waals surface area contributed by atoms with E-state index in [2.05, 4.69) is 10.3 Å². The molecule has 0 aliphatic carbocycles. The summed E-state index contributed by atoms with van der Waals surface area (Å²) in [4.78, 5) is 38.5. The van der Waals surface area contributed by atoms with E-state index in [-0.39, 0.29) is 29.8 Å². The van der Waals surface area contributed by atoms with Crippen LogP contribution in [0.25, 0.3) is 0 Å². The summed E-state index contributed by atoms with van der Waals surface area (Å²) in [6.45, 7) is 4.24. The Bertz CT molecular complexity index is 614. The average molecular weight is 322 g/mol. The number of Topliss-reactive ketones (excluding diaryl/α,β-unsaturated/α-hetero) is 1. The molecule has 126 valence electrons. The molecule has 1 aromatic rings. The van der Waals surface area contributed by atoms with Gasteiger partial charge in [0, 0.05) is 25.8 Å². The lowest BCUT2D eigenvalue weighted by Gasteiger charge is -2.10. The first-order valence-corrected chi connectivity index (χ1v) is 7.63. The first-order valence-electron chi connectivity index (χ1n) is 7.63. The molecule has 1 atom stereocenters. The molecule has 0 spiro atoms. The van der Waals surface area contributed by atoms with Crippen molar-refractivity contribution in [2.75, 3.05) is 20.3 Å². The van der Waals surface area contributed by atoms with Crippen molar-refractivity contribution in [1.82, 2.24) is 10.3 Å². The predicted molar refractivity (Wildman–Crippen MR) is 82.6 cm³/mol. The van der Waals surface area contributed by atoms with Crippen molar-refractivity contribution in [3.05, 3.63) is 22.5 Å². The summed E-state index contributed by atoms with van der Waals surface area (Å²) >= 11 is 0. The van der Waals surface area contributed by atoms with Crippen molar-refractivity contribution in [3.63, 3.8) is 0 Å². The Morgan fingerprint density at radius 1 is 1.39 bits per heavy atom. The Kier molecular flexibility index (Phi) is 5.54. The van der Waals surface area contributed by atoms with Crippen LogP contribution in [0.2, 0.25) is 0 Å². The molecule has 0 radical (unpaired) electrons. The molecule has 1 aromatic heterocycles. The van der Waals surface area contributed by atoms with Gasteiger partial charge in [-0.25, -0.2) is 4.79 Å². The van der Waals surface area contributed by atoms with Crippen molar-refractivity contribution in [2.24, 2.45) is 0 Å². The number of aromatic nitrogens is 1. The SMILES string of the molecule is COC(=O)c1c(CC(=O)NCC2CCCO2)[nH]c(C(C)=O)c1C. The predicted octanol–water partition coefficient (Wildman–Crippen LogP) is 1.15.